The van der Waals surface area contributed by atoms with E-state index in [1.165, 1.54) is 0 Å². The molecular weight excluding hydrogens is 202 g/mol. The van der Waals surface area contributed by atoms with Crippen LogP contribution >= 0.6 is 0 Å². The van der Waals surface area contributed by atoms with Gasteiger partial charge in [0.1, 0.15) is 0 Å². The molecule has 1 aromatic heterocycles. The molecule has 0 fully saturated rings. The lowest BCUT2D eigenvalue weighted by Crippen LogP contribution is -2.48. The standard InChI is InChI=1S/C12H23N3O/c1-6-12(3,16-5)11(13)8-10-7-9(2)14-15(10)4/h7,11H,6,8,13H2,1-5H3. The summed E-state index contributed by atoms with van der Waals surface area (Å²) in [5.74, 6) is 0. The highest BCUT2D eigenvalue weighted by Crippen LogP contribution is 2.20. The number of ether oxygens (including phenoxy) is 1. The van der Waals surface area contributed by atoms with Crippen molar-refractivity contribution < 1.29 is 4.74 Å². The van der Waals surface area contributed by atoms with Crippen LogP contribution in [0.3, 0.4) is 0 Å². The zero-order chi connectivity index (χ0) is 12.3. The van der Waals surface area contributed by atoms with Crippen LogP contribution in [0.15, 0.2) is 6.07 Å². The molecule has 0 bridgehead atoms. The second kappa shape index (κ2) is 4.97. The molecule has 0 radical (unpaired) electrons. The van der Waals surface area contributed by atoms with Crippen molar-refractivity contribution in [2.75, 3.05) is 7.11 Å². The lowest BCUT2D eigenvalue weighted by molar-refractivity contribution is -0.0188. The molecule has 2 atom stereocenters. The maximum atomic E-state index is 6.22. The van der Waals surface area contributed by atoms with Crippen LogP contribution in [-0.4, -0.2) is 28.5 Å². The van der Waals surface area contributed by atoms with Crippen molar-refractivity contribution in [2.24, 2.45) is 12.8 Å². The number of rotatable bonds is 5. The Kier molecular flexibility index (Phi) is 4.10. The number of hydrogen-bond acceptors (Lipinski definition) is 3. The van der Waals surface area contributed by atoms with Gasteiger partial charge < -0.3 is 10.5 Å². The minimum atomic E-state index is -0.266. The van der Waals surface area contributed by atoms with E-state index in [0.29, 0.717) is 0 Å². The third-order valence-corrected chi connectivity index (χ3v) is 3.48. The van der Waals surface area contributed by atoms with Crippen LogP contribution in [0, 0.1) is 6.92 Å². The van der Waals surface area contributed by atoms with Crippen molar-refractivity contribution in [1.82, 2.24) is 9.78 Å². The third kappa shape index (κ3) is 2.62. The molecule has 0 aliphatic heterocycles. The van der Waals surface area contributed by atoms with Gasteiger partial charge in [-0.3, -0.25) is 4.68 Å². The van der Waals surface area contributed by atoms with Gasteiger partial charge in [0.25, 0.3) is 0 Å². The molecule has 0 spiro atoms. The van der Waals surface area contributed by atoms with Gasteiger partial charge in [0.2, 0.25) is 0 Å². The maximum Gasteiger partial charge on any atom is 0.0802 e. The van der Waals surface area contributed by atoms with Gasteiger partial charge in [0.15, 0.2) is 0 Å². The minimum absolute atomic E-state index is 0.0164. The molecule has 0 amide bonds. The summed E-state index contributed by atoms with van der Waals surface area (Å²) in [5.41, 5.74) is 8.13. The Labute approximate surface area is 97.8 Å². The Morgan fingerprint density at radius 2 is 2.25 bits per heavy atom. The summed E-state index contributed by atoms with van der Waals surface area (Å²) in [5, 5.41) is 4.32. The molecule has 1 heterocycles. The van der Waals surface area contributed by atoms with Crippen LogP contribution in [0.2, 0.25) is 0 Å². The second-order valence-corrected chi connectivity index (χ2v) is 4.58. The smallest absolute Gasteiger partial charge is 0.0802 e. The van der Waals surface area contributed by atoms with Gasteiger partial charge in [-0.05, 0) is 26.3 Å². The Morgan fingerprint density at radius 1 is 1.62 bits per heavy atom. The van der Waals surface area contributed by atoms with E-state index < -0.39 is 0 Å². The van der Waals surface area contributed by atoms with Gasteiger partial charge in [-0.1, -0.05) is 6.92 Å². The first kappa shape index (κ1) is 13.2. The van der Waals surface area contributed by atoms with E-state index in [2.05, 4.69) is 25.0 Å². The molecular formula is C12H23N3O. The fourth-order valence-corrected chi connectivity index (χ4v) is 1.85. The van der Waals surface area contributed by atoms with E-state index in [1.807, 2.05) is 18.7 Å². The number of nitrogens with zero attached hydrogens (tertiary/aromatic N) is 2. The fraction of sp³-hybridized carbons (Fsp3) is 0.750. The van der Waals surface area contributed by atoms with Crippen LogP contribution in [-0.2, 0) is 18.2 Å². The number of aryl methyl sites for hydroxylation is 2. The molecule has 1 rings (SSSR count). The summed E-state index contributed by atoms with van der Waals surface area (Å²) in [4.78, 5) is 0. The van der Waals surface area contributed by atoms with E-state index in [-0.39, 0.29) is 11.6 Å². The molecule has 4 nitrogen and oxygen atoms in total. The zero-order valence-electron chi connectivity index (χ0n) is 10.9. The molecule has 1 aromatic rings. The minimum Gasteiger partial charge on any atom is -0.377 e. The van der Waals surface area contributed by atoms with E-state index in [0.717, 1.165) is 24.2 Å². The molecule has 0 saturated carbocycles. The first-order valence-electron chi connectivity index (χ1n) is 5.73. The van der Waals surface area contributed by atoms with Crippen molar-refractivity contribution in [2.45, 2.75) is 45.3 Å². The van der Waals surface area contributed by atoms with Crippen molar-refractivity contribution in [3.05, 3.63) is 17.5 Å². The fourth-order valence-electron chi connectivity index (χ4n) is 1.85. The first-order chi connectivity index (χ1) is 7.42. The molecule has 16 heavy (non-hydrogen) atoms. The van der Waals surface area contributed by atoms with Crippen molar-refractivity contribution in [3.63, 3.8) is 0 Å². The van der Waals surface area contributed by atoms with Gasteiger partial charge in [0, 0.05) is 32.3 Å². The predicted octanol–water partition coefficient (Wildman–Crippen LogP) is 1.41. The quantitative estimate of drug-likeness (QED) is 0.824. The average molecular weight is 225 g/mol. The van der Waals surface area contributed by atoms with Crippen molar-refractivity contribution in [1.29, 1.82) is 0 Å². The number of methoxy groups -OCH3 is 1. The van der Waals surface area contributed by atoms with Gasteiger partial charge >= 0.3 is 0 Å². The monoisotopic (exact) mass is 225 g/mol. The van der Waals surface area contributed by atoms with Gasteiger partial charge in [0.05, 0.1) is 11.3 Å². The predicted molar refractivity (Wildman–Crippen MR) is 65.3 cm³/mol. The number of hydrogen-bond donors (Lipinski definition) is 1. The summed E-state index contributed by atoms with van der Waals surface area (Å²) in [6, 6.07) is 2.06. The number of nitrogens with two attached hydrogens (primary N) is 1. The van der Waals surface area contributed by atoms with Crippen LogP contribution in [0.25, 0.3) is 0 Å². The molecule has 0 aliphatic carbocycles. The Morgan fingerprint density at radius 3 is 2.62 bits per heavy atom. The van der Waals surface area contributed by atoms with Crippen LogP contribution in [0.5, 0.6) is 0 Å². The summed E-state index contributed by atoms with van der Waals surface area (Å²) in [6.45, 7) is 6.14. The summed E-state index contributed by atoms with van der Waals surface area (Å²) < 4.78 is 7.40. The van der Waals surface area contributed by atoms with Crippen molar-refractivity contribution >= 4 is 0 Å². The second-order valence-electron chi connectivity index (χ2n) is 4.58. The summed E-state index contributed by atoms with van der Waals surface area (Å²) >= 11 is 0. The van der Waals surface area contributed by atoms with Gasteiger partial charge in [-0.25, -0.2) is 0 Å². The van der Waals surface area contributed by atoms with Gasteiger partial charge in [-0.15, -0.1) is 0 Å². The van der Waals surface area contributed by atoms with E-state index in [9.17, 15) is 0 Å². The van der Waals surface area contributed by atoms with E-state index in [4.69, 9.17) is 10.5 Å². The molecule has 0 aromatic carbocycles. The topological polar surface area (TPSA) is 53.1 Å². The van der Waals surface area contributed by atoms with Crippen molar-refractivity contribution in [3.8, 4) is 0 Å². The molecule has 2 N–H and O–H groups in total. The van der Waals surface area contributed by atoms with Gasteiger partial charge in [-0.2, -0.15) is 5.10 Å². The SMILES string of the molecule is CCC(C)(OC)C(N)Cc1cc(C)nn1C. The average Bonchev–Trinajstić information content (AvgIpc) is 2.56. The highest BCUT2D eigenvalue weighted by molar-refractivity contribution is 5.11. The highest BCUT2D eigenvalue weighted by Gasteiger charge is 2.30. The Bertz CT molecular complexity index is 342. The van der Waals surface area contributed by atoms with Crippen LogP contribution < -0.4 is 5.73 Å². The van der Waals surface area contributed by atoms with Crippen LogP contribution in [0.4, 0.5) is 0 Å². The molecule has 0 saturated heterocycles. The Hall–Kier alpha value is -0.870. The van der Waals surface area contributed by atoms with E-state index in [1.54, 1.807) is 7.11 Å². The molecule has 2 unspecified atom stereocenters. The lowest BCUT2D eigenvalue weighted by atomic mass is 9.90. The molecule has 0 aliphatic rings. The summed E-state index contributed by atoms with van der Waals surface area (Å²) in [6.07, 6.45) is 1.69. The molecule has 92 valence electrons. The third-order valence-electron chi connectivity index (χ3n) is 3.48. The molecule has 4 heteroatoms. The Balaban J connectivity index is 2.77. The first-order valence-corrected chi connectivity index (χ1v) is 5.73. The zero-order valence-corrected chi connectivity index (χ0v) is 10.9. The normalized spacial score (nSPS) is 17.1. The number of aromatic nitrogens is 2. The van der Waals surface area contributed by atoms with Crippen LogP contribution in [0.1, 0.15) is 31.7 Å². The highest BCUT2D eigenvalue weighted by atomic mass is 16.5. The lowest BCUT2D eigenvalue weighted by Gasteiger charge is -2.33. The maximum absolute atomic E-state index is 6.22. The largest absolute Gasteiger partial charge is 0.377 e. The summed E-state index contributed by atoms with van der Waals surface area (Å²) in [7, 11) is 3.67. The van der Waals surface area contributed by atoms with E-state index >= 15 is 0 Å².